The van der Waals surface area contributed by atoms with Gasteiger partial charge >= 0.3 is 5.97 Å². The molecule has 0 unspecified atom stereocenters. The van der Waals surface area contributed by atoms with Gasteiger partial charge in [0.15, 0.2) is 18.1 Å². The van der Waals surface area contributed by atoms with E-state index in [0.717, 1.165) is 0 Å². The Bertz CT molecular complexity index is 1260. The van der Waals surface area contributed by atoms with Crippen LogP contribution in [0.25, 0.3) is 0 Å². The Morgan fingerprint density at radius 1 is 0.970 bits per heavy atom. The first-order valence-corrected chi connectivity index (χ1v) is 11.4. The van der Waals surface area contributed by atoms with Crippen LogP contribution >= 0.6 is 0 Å². The predicted molar refractivity (Wildman–Crippen MR) is 116 cm³/mol. The molecule has 0 saturated carbocycles. The Balaban J connectivity index is 1.42. The Labute approximate surface area is 189 Å². The quantitative estimate of drug-likeness (QED) is 0.477. The molecule has 0 radical (unpaired) electrons. The molecular formula is C22H20N2O8S. The van der Waals surface area contributed by atoms with Gasteiger partial charge in [-0.15, -0.1) is 0 Å². The number of para-hydroxylation sites is 1. The molecule has 0 saturated heterocycles. The number of esters is 1. The lowest BCUT2D eigenvalue weighted by Crippen LogP contribution is -2.28. The van der Waals surface area contributed by atoms with Gasteiger partial charge in [-0.25, -0.2) is 13.2 Å². The van der Waals surface area contributed by atoms with E-state index in [4.69, 9.17) is 18.6 Å². The third-order valence-electron chi connectivity index (χ3n) is 4.59. The fourth-order valence-corrected chi connectivity index (χ4v) is 4.10. The number of anilines is 1. The number of ether oxygens (including phenoxy) is 3. The topological polar surface area (TPSA) is 133 Å². The van der Waals surface area contributed by atoms with Crippen molar-refractivity contribution < 1.29 is 36.6 Å². The number of rotatable bonds is 8. The first kappa shape index (κ1) is 22.2. The van der Waals surface area contributed by atoms with Crippen LogP contribution in [0.15, 0.2) is 70.2 Å². The van der Waals surface area contributed by atoms with Crippen LogP contribution in [0.5, 0.6) is 11.5 Å². The lowest BCUT2D eigenvalue weighted by atomic mass is 10.2. The van der Waals surface area contributed by atoms with Gasteiger partial charge in [-0.2, -0.15) is 0 Å². The highest BCUT2D eigenvalue weighted by atomic mass is 32.2. The third kappa shape index (κ3) is 5.44. The first-order chi connectivity index (χ1) is 15.9. The number of amides is 1. The first-order valence-electron chi connectivity index (χ1n) is 9.90. The highest BCUT2D eigenvalue weighted by Gasteiger charge is 2.22. The molecule has 2 heterocycles. The maximum Gasteiger partial charge on any atom is 0.340 e. The molecule has 10 nitrogen and oxygen atoms in total. The maximum atomic E-state index is 12.9. The Hall–Kier alpha value is -3.99. The van der Waals surface area contributed by atoms with Gasteiger partial charge in [-0.3, -0.25) is 9.52 Å². The van der Waals surface area contributed by atoms with Gasteiger partial charge in [0.2, 0.25) is 0 Å². The number of fused-ring (bicyclic) bond motifs is 1. The molecule has 0 spiro atoms. The molecule has 0 atom stereocenters. The van der Waals surface area contributed by atoms with Gasteiger partial charge in [0.1, 0.15) is 19.0 Å². The van der Waals surface area contributed by atoms with Crippen LogP contribution in [0.2, 0.25) is 0 Å². The summed E-state index contributed by atoms with van der Waals surface area (Å²) in [5.41, 5.74) is -0.0363. The van der Waals surface area contributed by atoms with Crippen molar-refractivity contribution in [3.8, 4) is 11.5 Å². The molecule has 0 bridgehead atoms. The molecule has 33 heavy (non-hydrogen) atoms. The molecule has 2 N–H and O–H groups in total. The molecule has 11 heteroatoms. The van der Waals surface area contributed by atoms with E-state index in [1.807, 2.05) is 0 Å². The van der Waals surface area contributed by atoms with Crippen molar-refractivity contribution in [2.24, 2.45) is 0 Å². The average Bonchev–Trinajstić information content (AvgIpc) is 3.35. The van der Waals surface area contributed by atoms with Crippen LogP contribution in [0.4, 0.5) is 5.69 Å². The molecule has 172 valence electrons. The number of nitrogens with one attached hydrogen (secondary N) is 2. The highest BCUT2D eigenvalue weighted by molar-refractivity contribution is 7.92. The van der Waals surface area contributed by atoms with E-state index in [9.17, 15) is 18.0 Å². The Morgan fingerprint density at radius 3 is 2.55 bits per heavy atom. The minimum Gasteiger partial charge on any atom is -0.486 e. The molecule has 3 aromatic rings. The SMILES string of the molecule is O=C(COC(=O)c1ccccc1NS(=O)(=O)c1ccc2c(c1)OCCO2)NCc1ccco1. The largest absolute Gasteiger partial charge is 0.486 e. The number of furan rings is 1. The Morgan fingerprint density at radius 2 is 1.76 bits per heavy atom. The van der Waals surface area contributed by atoms with Crippen LogP contribution in [0.1, 0.15) is 16.1 Å². The van der Waals surface area contributed by atoms with E-state index in [2.05, 4.69) is 10.0 Å². The van der Waals surface area contributed by atoms with Crippen molar-refractivity contribution in [3.05, 3.63) is 72.2 Å². The molecular weight excluding hydrogens is 452 g/mol. The second kappa shape index (κ2) is 9.65. The van der Waals surface area contributed by atoms with Gasteiger partial charge in [-0.05, 0) is 36.4 Å². The standard InChI is InChI=1S/C22H20N2O8S/c25-21(23-13-15-4-3-9-29-15)14-32-22(26)17-5-1-2-6-18(17)24-33(27,28)16-7-8-19-20(12-16)31-11-10-30-19/h1-9,12,24H,10-11,13-14H2,(H,23,25). The maximum absolute atomic E-state index is 12.9. The second-order valence-corrected chi connectivity index (χ2v) is 8.57. The zero-order valence-electron chi connectivity index (χ0n) is 17.3. The van der Waals surface area contributed by atoms with E-state index in [1.54, 1.807) is 24.3 Å². The van der Waals surface area contributed by atoms with E-state index < -0.39 is 28.5 Å². The number of carbonyl (C=O) groups is 2. The third-order valence-corrected chi connectivity index (χ3v) is 5.95. The summed E-state index contributed by atoms with van der Waals surface area (Å²) in [6.07, 6.45) is 1.48. The van der Waals surface area contributed by atoms with E-state index >= 15 is 0 Å². The summed E-state index contributed by atoms with van der Waals surface area (Å²) >= 11 is 0. The second-order valence-electron chi connectivity index (χ2n) is 6.89. The van der Waals surface area contributed by atoms with Crippen molar-refractivity contribution in [2.75, 3.05) is 24.5 Å². The van der Waals surface area contributed by atoms with E-state index in [0.29, 0.717) is 30.5 Å². The minimum atomic E-state index is -4.05. The van der Waals surface area contributed by atoms with Crippen LogP contribution in [-0.4, -0.2) is 40.1 Å². The van der Waals surface area contributed by atoms with E-state index in [-0.39, 0.29) is 22.7 Å². The molecule has 1 aliphatic rings. The highest BCUT2D eigenvalue weighted by Crippen LogP contribution is 2.33. The average molecular weight is 472 g/mol. The normalized spacial score (nSPS) is 12.6. The zero-order chi connectivity index (χ0) is 23.3. The molecule has 1 amide bonds. The summed E-state index contributed by atoms with van der Waals surface area (Å²) in [4.78, 5) is 24.4. The summed E-state index contributed by atoms with van der Waals surface area (Å²) < 4.78 is 49.2. The predicted octanol–water partition coefficient (Wildman–Crippen LogP) is 2.32. The van der Waals surface area contributed by atoms with Crippen LogP contribution in [0.3, 0.4) is 0 Å². The molecule has 0 aliphatic carbocycles. The number of benzene rings is 2. The van der Waals surface area contributed by atoms with Gasteiger partial charge < -0.3 is 23.9 Å². The van der Waals surface area contributed by atoms with Gasteiger partial charge in [0.05, 0.1) is 29.0 Å². The summed E-state index contributed by atoms with van der Waals surface area (Å²) in [6.45, 7) is 0.305. The summed E-state index contributed by atoms with van der Waals surface area (Å²) in [7, 11) is -4.05. The zero-order valence-corrected chi connectivity index (χ0v) is 18.1. The van der Waals surface area contributed by atoms with Crippen molar-refractivity contribution in [2.45, 2.75) is 11.4 Å². The fraction of sp³-hybridized carbons (Fsp3) is 0.182. The lowest BCUT2D eigenvalue weighted by Gasteiger charge is -2.19. The number of hydrogen-bond donors (Lipinski definition) is 2. The monoisotopic (exact) mass is 472 g/mol. The van der Waals surface area contributed by atoms with Gasteiger partial charge in [0.25, 0.3) is 15.9 Å². The molecule has 1 aliphatic heterocycles. The fourth-order valence-electron chi connectivity index (χ4n) is 3.00. The molecule has 0 fully saturated rings. The van der Waals surface area contributed by atoms with Crippen molar-refractivity contribution in [1.29, 1.82) is 0 Å². The van der Waals surface area contributed by atoms with Crippen molar-refractivity contribution in [1.82, 2.24) is 5.32 Å². The van der Waals surface area contributed by atoms with Crippen LogP contribution in [-0.2, 0) is 26.1 Å². The molecule has 1 aromatic heterocycles. The summed E-state index contributed by atoms with van der Waals surface area (Å²) in [5, 5.41) is 2.55. The van der Waals surface area contributed by atoms with Crippen molar-refractivity contribution in [3.63, 3.8) is 0 Å². The number of sulfonamides is 1. The summed E-state index contributed by atoms with van der Waals surface area (Å²) in [5.74, 6) is -0.0711. The molecule has 4 rings (SSSR count). The lowest BCUT2D eigenvalue weighted by molar-refractivity contribution is -0.124. The smallest absolute Gasteiger partial charge is 0.340 e. The summed E-state index contributed by atoms with van der Waals surface area (Å²) in [6, 6.07) is 13.5. The van der Waals surface area contributed by atoms with Crippen LogP contribution < -0.4 is 19.5 Å². The van der Waals surface area contributed by atoms with E-state index in [1.165, 1.54) is 36.6 Å². The van der Waals surface area contributed by atoms with Crippen LogP contribution in [0, 0.1) is 0 Å². The Kier molecular flexibility index (Phi) is 6.50. The van der Waals surface area contributed by atoms with Gasteiger partial charge in [0, 0.05) is 6.07 Å². The number of hydrogen-bond acceptors (Lipinski definition) is 8. The molecule has 2 aromatic carbocycles. The minimum absolute atomic E-state index is 0.00776. The van der Waals surface area contributed by atoms with Gasteiger partial charge in [-0.1, -0.05) is 12.1 Å². The number of carbonyl (C=O) groups excluding carboxylic acids is 2. The van der Waals surface area contributed by atoms with Crippen molar-refractivity contribution >= 4 is 27.6 Å².